The third-order valence-corrected chi connectivity index (χ3v) is 8.89. The lowest BCUT2D eigenvalue weighted by Crippen LogP contribution is -2.28. The van der Waals surface area contributed by atoms with Crippen LogP contribution in [0.3, 0.4) is 0 Å². The van der Waals surface area contributed by atoms with E-state index < -0.39 is 0 Å². The van der Waals surface area contributed by atoms with E-state index in [-0.39, 0.29) is 23.3 Å². The molecular formula is C24H23N3O3S3. The number of carbonyl (C=O) groups excluding carboxylic acids is 1. The Balaban J connectivity index is 1.52. The van der Waals surface area contributed by atoms with Gasteiger partial charge in [-0.3, -0.25) is 14.2 Å². The molecule has 0 spiro atoms. The fraction of sp³-hybridized carbons (Fsp3) is 0.292. The summed E-state index contributed by atoms with van der Waals surface area (Å²) in [5.41, 5.74) is 1.67. The van der Waals surface area contributed by atoms with Gasteiger partial charge >= 0.3 is 0 Å². The molecule has 0 unspecified atom stereocenters. The topological polar surface area (TPSA) is 73.2 Å². The molecule has 3 aromatic heterocycles. The molecule has 1 aromatic carbocycles. The summed E-state index contributed by atoms with van der Waals surface area (Å²) < 4.78 is 7.15. The average Bonchev–Trinajstić information content (AvgIpc) is 3.55. The van der Waals surface area contributed by atoms with E-state index in [0.29, 0.717) is 22.0 Å². The standard InChI is InChI=1S/C24H23N3O3S3/c1-14(18-11-6-12-31-18)25-20(28)13-32-24-26-22-21(15-7-5-10-19(15)33-22)23(29)27(24)16-8-3-4-9-17(16)30-2/h3-4,6,8-9,11-12,14H,5,7,10,13H2,1-2H3,(H,25,28)/t14-/m0/s1. The molecule has 0 aliphatic heterocycles. The van der Waals surface area contributed by atoms with Crippen LogP contribution in [0.15, 0.2) is 51.7 Å². The van der Waals surface area contributed by atoms with Crippen molar-refractivity contribution < 1.29 is 9.53 Å². The average molecular weight is 498 g/mol. The lowest BCUT2D eigenvalue weighted by atomic mass is 10.2. The van der Waals surface area contributed by atoms with Crippen molar-refractivity contribution in [3.05, 3.63) is 67.4 Å². The number of para-hydroxylation sites is 2. The molecule has 1 aliphatic rings. The van der Waals surface area contributed by atoms with Crippen LogP contribution in [0.2, 0.25) is 0 Å². The van der Waals surface area contributed by atoms with Gasteiger partial charge in [-0.15, -0.1) is 22.7 Å². The lowest BCUT2D eigenvalue weighted by Gasteiger charge is -2.16. The normalized spacial score (nSPS) is 13.8. The van der Waals surface area contributed by atoms with Crippen LogP contribution in [0.1, 0.15) is 34.7 Å². The number of aromatic nitrogens is 2. The molecule has 1 N–H and O–H groups in total. The predicted octanol–water partition coefficient (Wildman–Crippen LogP) is 4.98. The minimum Gasteiger partial charge on any atom is -0.495 e. The summed E-state index contributed by atoms with van der Waals surface area (Å²) in [5.74, 6) is 0.647. The van der Waals surface area contributed by atoms with Gasteiger partial charge in [0.05, 0.1) is 30.0 Å². The Hall–Kier alpha value is -2.62. The number of fused-ring (bicyclic) bond motifs is 3. The minimum atomic E-state index is -0.101. The number of rotatable bonds is 7. The Labute approximate surface area is 203 Å². The molecule has 3 heterocycles. The highest BCUT2D eigenvalue weighted by molar-refractivity contribution is 7.99. The first-order valence-electron chi connectivity index (χ1n) is 10.7. The quantitative estimate of drug-likeness (QED) is 0.288. The summed E-state index contributed by atoms with van der Waals surface area (Å²) in [7, 11) is 1.59. The Kier molecular flexibility index (Phi) is 6.27. The fourth-order valence-corrected chi connectivity index (χ4v) is 7.02. The largest absolute Gasteiger partial charge is 0.495 e. The summed E-state index contributed by atoms with van der Waals surface area (Å²) in [5, 5.41) is 6.23. The third kappa shape index (κ3) is 4.20. The molecule has 1 amide bonds. The molecule has 0 saturated carbocycles. The van der Waals surface area contributed by atoms with Gasteiger partial charge in [0.15, 0.2) is 5.16 Å². The lowest BCUT2D eigenvalue weighted by molar-refractivity contribution is -0.119. The van der Waals surface area contributed by atoms with Gasteiger partial charge < -0.3 is 10.1 Å². The third-order valence-electron chi connectivity index (χ3n) is 5.71. The van der Waals surface area contributed by atoms with E-state index in [1.54, 1.807) is 34.4 Å². The van der Waals surface area contributed by atoms with Gasteiger partial charge in [0.2, 0.25) is 5.91 Å². The Morgan fingerprint density at radius 1 is 1.27 bits per heavy atom. The van der Waals surface area contributed by atoms with Gasteiger partial charge in [0.25, 0.3) is 5.56 Å². The second kappa shape index (κ2) is 9.32. The number of hydrogen-bond donors (Lipinski definition) is 1. The fourth-order valence-electron chi connectivity index (χ4n) is 4.17. The molecule has 1 aliphatic carbocycles. The number of amides is 1. The number of nitrogens with one attached hydrogen (secondary N) is 1. The van der Waals surface area contributed by atoms with Crippen LogP contribution < -0.4 is 15.6 Å². The van der Waals surface area contributed by atoms with E-state index >= 15 is 0 Å². The monoisotopic (exact) mass is 497 g/mol. The number of benzene rings is 1. The Bertz CT molecular complexity index is 1380. The first-order chi connectivity index (χ1) is 16.1. The first-order valence-corrected chi connectivity index (χ1v) is 13.4. The predicted molar refractivity (Wildman–Crippen MR) is 135 cm³/mol. The molecule has 170 valence electrons. The highest BCUT2D eigenvalue weighted by Crippen LogP contribution is 2.36. The molecule has 9 heteroatoms. The summed E-state index contributed by atoms with van der Waals surface area (Å²) in [6.45, 7) is 1.97. The molecule has 0 bridgehead atoms. The number of ether oxygens (including phenoxy) is 1. The van der Waals surface area contributed by atoms with E-state index in [2.05, 4.69) is 5.32 Å². The van der Waals surface area contributed by atoms with Crippen LogP contribution in [0, 0.1) is 0 Å². The van der Waals surface area contributed by atoms with Crippen LogP contribution in [0.4, 0.5) is 0 Å². The summed E-state index contributed by atoms with van der Waals surface area (Å²) >= 11 is 4.49. The number of hydrogen-bond acceptors (Lipinski definition) is 7. The van der Waals surface area contributed by atoms with Crippen molar-refractivity contribution >= 4 is 50.6 Å². The van der Waals surface area contributed by atoms with Crippen molar-refractivity contribution in [2.24, 2.45) is 0 Å². The number of thioether (sulfide) groups is 1. The van der Waals surface area contributed by atoms with Gasteiger partial charge in [-0.05, 0) is 55.3 Å². The Morgan fingerprint density at radius 3 is 2.91 bits per heavy atom. The van der Waals surface area contributed by atoms with E-state index in [4.69, 9.17) is 9.72 Å². The maximum Gasteiger partial charge on any atom is 0.267 e. The van der Waals surface area contributed by atoms with Crippen molar-refractivity contribution in [2.75, 3.05) is 12.9 Å². The van der Waals surface area contributed by atoms with Crippen molar-refractivity contribution in [3.63, 3.8) is 0 Å². The SMILES string of the molecule is COc1ccccc1-n1c(SCC(=O)N[C@@H](C)c2cccs2)nc2sc3c(c2c1=O)CCC3. The first kappa shape index (κ1) is 22.2. The van der Waals surface area contributed by atoms with Crippen LogP contribution in [0.25, 0.3) is 15.9 Å². The minimum absolute atomic E-state index is 0.0646. The van der Waals surface area contributed by atoms with Crippen LogP contribution >= 0.6 is 34.4 Å². The molecule has 6 nitrogen and oxygen atoms in total. The van der Waals surface area contributed by atoms with E-state index in [9.17, 15) is 9.59 Å². The van der Waals surface area contributed by atoms with Gasteiger partial charge in [0.1, 0.15) is 10.6 Å². The van der Waals surface area contributed by atoms with Crippen LogP contribution in [0.5, 0.6) is 5.75 Å². The van der Waals surface area contributed by atoms with Gasteiger partial charge in [-0.1, -0.05) is 30.0 Å². The van der Waals surface area contributed by atoms with Crippen molar-refractivity contribution in [1.29, 1.82) is 0 Å². The molecule has 0 saturated heterocycles. The summed E-state index contributed by atoms with van der Waals surface area (Å²) in [6, 6.07) is 11.3. The second-order valence-corrected chi connectivity index (χ2v) is 10.8. The number of nitrogens with zero attached hydrogens (tertiary/aromatic N) is 2. The van der Waals surface area contributed by atoms with Crippen molar-refractivity contribution in [3.8, 4) is 11.4 Å². The molecule has 33 heavy (non-hydrogen) atoms. The van der Waals surface area contributed by atoms with E-state index in [1.165, 1.54) is 16.6 Å². The number of methoxy groups -OCH3 is 1. The highest BCUT2D eigenvalue weighted by Gasteiger charge is 2.25. The molecule has 1 atom stereocenters. The van der Waals surface area contributed by atoms with Crippen LogP contribution in [-0.4, -0.2) is 28.3 Å². The number of aryl methyl sites for hydroxylation is 2. The molecule has 0 radical (unpaired) electrons. The maximum atomic E-state index is 13.8. The summed E-state index contributed by atoms with van der Waals surface area (Å²) in [6.07, 6.45) is 2.98. The van der Waals surface area contributed by atoms with Gasteiger partial charge in [-0.2, -0.15) is 0 Å². The van der Waals surface area contributed by atoms with Crippen molar-refractivity contribution in [2.45, 2.75) is 37.4 Å². The zero-order chi connectivity index (χ0) is 22.9. The number of carbonyl (C=O) groups is 1. The molecular weight excluding hydrogens is 474 g/mol. The molecule has 5 rings (SSSR count). The smallest absolute Gasteiger partial charge is 0.267 e. The second-order valence-electron chi connectivity index (χ2n) is 7.84. The van der Waals surface area contributed by atoms with E-state index in [0.717, 1.165) is 34.5 Å². The Morgan fingerprint density at radius 2 is 2.12 bits per heavy atom. The maximum absolute atomic E-state index is 13.8. The zero-order valence-corrected chi connectivity index (χ0v) is 20.7. The zero-order valence-electron chi connectivity index (χ0n) is 18.3. The number of thiophene rings is 2. The van der Waals surface area contributed by atoms with E-state index in [1.807, 2.05) is 48.7 Å². The molecule has 0 fully saturated rings. The summed E-state index contributed by atoms with van der Waals surface area (Å²) in [4.78, 5) is 34.4. The van der Waals surface area contributed by atoms with Gasteiger partial charge in [-0.25, -0.2) is 4.98 Å². The van der Waals surface area contributed by atoms with Gasteiger partial charge in [0, 0.05) is 9.75 Å². The van der Waals surface area contributed by atoms with Crippen molar-refractivity contribution in [1.82, 2.24) is 14.9 Å². The highest BCUT2D eigenvalue weighted by atomic mass is 32.2. The van der Waals surface area contributed by atoms with Crippen LogP contribution in [-0.2, 0) is 17.6 Å². The molecule has 4 aromatic rings.